The van der Waals surface area contributed by atoms with Crippen LogP contribution in [0.3, 0.4) is 0 Å². The van der Waals surface area contributed by atoms with Crippen molar-refractivity contribution in [1.82, 2.24) is 0 Å². The topological polar surface area (TPSA) is 55.4 Å². The molecule has 8 heteroatoms. The highest BCUT2D eigenvalue weighted by atomic mass is 32.2. The Hall–Kier alpha value is -1.44. The molecule has 108 valence electrons. The van der Waals surface area contributed by atoms with Gasteiger partial charge in [0.2, 0.25) is 10.0 Å². The first kappa shape index (κ1) is 15.6. The van der Waals surface area contributed by atoms with E-state index in [0.717, 1.165) is 0 Å². The summed E-state index contributed by atoms with van der Waals surface area (Å²) in [6, 6.07) is 5.56. The number of hydrogen-bond donors (Lipinski definition) is 1. The van der Waals surface area contributed by atoms with Gasteiger partial charge < -0.3 is 4.74 Å². The smallest absolute Gasteiger partial charge is 0.422 e. The molecular formula is C11H14F3NO3S. The lowest BCUT2D eigenvalue weighted by Gasteiger charge is -2.15. The zero-order valence-corrected chi connectivity index (χ0v) is 11.2. The Morgan fingerprint density at radius 2 is 1.84 bits per heavy atom. The van der Waals surface area contributed by atoms with E-state index in [0.29, 0.717) is 0 Å². The van der Waals surface area contributed by atoms with E-state index in [1.807, 2.05) is 0 Å². The fourth-order valence-electron chi connectivity index (χ4n) is 1.11. The number of ether oxygens (including phenoxy) is 1. The molecule has 0 spiro atoms. The van der Waals surface area contributed by atoms with Crippen LogP contribution in [0, 0.1) is 0 Å². The Morgan fingerprint density at radius 1 is 1.26 bits per heavy atom. The van der Waals surface area contributed by atoms with E-state index in [1.54, 1.807) is 0 Å². The van der Waals surface area contributed by atoms with Crippen molar-refractivity contribution in [2.75, 3.05) is 11.3 Å². The molecule has 0 aromatic heterocycles. The molecule has 0 aliphatic carbocycles. The summed E-state index contributed by atoms with van der Waals surface area (Å²) in [6.45, 7) is 1.44. The molecular weight excluding hydrogens is 283 g/mol. The van der Waals surface area contributed by atoms with Gasteiger partial charge in [0.15, 0.2) is 6.61 Å². The van der Waals surface area contributed by atoms with Crippen molar-refractivity contribution in [2.45, 2.75) is 25.3 Å². The normalized spacial score (nSPS) is 12.5. The standard InChI is InChI=1S/C11H14F3NO3S/c1-8(2)19(16,17)15-9-5-3-4-6-10(9)18-7-11(12,13)14/h3-6,8,15H,7H2,1-2H3. The Bertz CT molecular complexity index is 526. The summed E-state index contributed by atoms with van der Waals surface area (Å²) in [5.41, 5.74) is -0.0135. The number of sulfonamides is 1. The summed E-state index contributed by atoms with van der Waals surface area (Å²) >= 11 is 0. The van der Waals surface area contributed by atoms with Gasteiger partial charge in [-0.2, -0.15) is 13.2 Å². The lowest BCUT2D eigenvalue weighted by Crippen LogP contribution is -2.24. The van der Waals surface area contributed by atoms with E-state index in [1.165, 1.54) is 38.1 Å². The molecule has 0 bridgehead atoms. The molecule has 4 nitrogen and oxygen atoms in total. The van der Waals surface area contributed by atoms with Crippen LogP contribution in [0.25, 0.3) is 0 Å². The molecule has 1 aromatic rings. The molecule has 1 N–H and O–H groups in total. The molecule has 0 fully saturated rings. The summed E-state index contributed by atoms with van der Waals surface area (Å²) in [5.74, 6) is -0.163. The van der Waals surface area contributed by atoms with Gasteiger partial charge >= 0.3 is 6.18 Å². The van der Waals surface area contributed by atoms with Crippen molar-refractivity contribution in [1.29, 1.82) is 0 Å². The number of hydrogen-bond acceptors (Lipinski definition) is 3. The average molecular weight is 297 g/mol. The monoisotopic (exact) mass is 297 g/mol. The SMILES string of the molecule is CC(C)S(=O)(=O)Nc1ccccc1OCC(F)(F)F. The van der Waals surface area contributed by atoms with Crippen LogP contribution in [0.1, 0.15) is 13.8 Å². The van der Waals surface area contributed by atoms with Gasteiger partial charge in [-0.3, -0.25) is 4.72 Å². The van der Waals surface area contributed by atoms with Crippen molar-refractivity contribution in [3.63, 3.8) is 0 Å². The van der Waals surface area contributed by atoms with Gasteiger partial charge in [-0.1, -0.05) is 12.1 Å². The van der Waals surface area contributed by atoms with Crippen LogP contribution in [-0.2, 0) is 10.0 Å². The summed E-state index contributed by atoms with van der Waals surface area (Å²) < 4.78 is 66.3. The van der Waals surface area contributed by atoms with Gasteiger partial charge in [0, 0.05) is 0 Å². The highest BCUT2D eigenvalue weighted by Crippen LogP contribution is 2.27. The van der Waals surface area contributed by atoms with Crippen molar-refractivity contribution in [3.05, 3.63) is 24.3 Å². The van der Waals surface area contributed by atoms with Gasteiger partial charge in [0.05, 0.1) is 10.9 Å². The van der Waals surface area contributed by atoms with Crippen LogP contribution in [0.4, 0.5) is 18.9 Å². The van der Waals surface area contributed by atoms with Gasteiger partial charge in [-0.15, -0.1) is 0 Å². The minimum Gasteiger partial charge on any atom is -0.482 e. The summed E-state index contributed by atoms with van der Waals surface area (Å²) in [6.07, 6.45) is -4.48. The molecule has 0 saturated heterocycles. The van der Waals surface area contributed by atoms with E-state index in [-0.39, 0.29) is 11.4 Å². The van der Waals surface area contributed by atoms with Crippen molar-refractivity contribution >= 4 is 15.7 Å². The van der Waals surface area contributed by atoms with Crippen molar-refractivity contribution < 1.29 is 26.3 Å². The minimum absolute atomic E-state index is 0.0135. The van der Waals surface area contributed by atoms with E-state index in [4.69, 9.17) is 0 Å². The number of benzene rings is 1. The molecule has 0 heterocycles. The largest absolute Gasteiger partial charge is 0.482 e. The molecule has 0 radical (unpaired) electrons. The number of halogens is 3. The van der Waals surface area contributed by atoms with Crippen LogP contribution < -0.4 is 9.46 Å². The number of para-hydroxylation sites is 2. The van der Waals surface area contributed by atoms with Crippen molar-refractivity contribution in [2.24, 2.45) is 0 Å². The van der Waals surface area contributed by atoms with Gasteiger partial charge in [-0.05, 0) is 26.0 Å². The molecule has 0 atom stereocenters. The first-order chi connectivity index (χ1) is 8.62. The maximum Gasteiger partial charge on any atom is 0.422 e. The quantitative estimate of drug-likeness (QED) is 0.909. The third-order valence-corrected chi connectivity index (χ3v) is 3.90. The van der Waals surface area contributed by atoms with Crippen LogP contribution in [0.15, 0.2) is 24.3 Å². The van der Waals surface area contributed by atoms with Gasteiger partial charge in [0.1, 0.15) is 5.75 Å². The van der Waals surface area contributed by atoms with Gasteiger partial charge in [-0.25, -0.2) is 8.42 Å². The van der Waals surface area contributed by atoms with E-state index < -0.39 is 28.1 Å². The van der Waals surface area contributed by atoms with Crippen LogP contribution in [-0.4, -0.2) is 26.5 Å². The Morgan fingerprint density at radius 3 is 2.37 bits per heavy atom. The second-order valence-electron chi connectivity index (χ2n) is 4.10. The van der Waals surface area contributed by atoms with Crippen LogP contribution in [0.5, 0.6) is 5.75 Å². The molecule has 19 heavy (non-hydrogen) atoms. The fraction of sp³-hybridized carbons (Fsp3) is 0.455. The highest BCUT2D eigenvalue weighted by Gasteiger charge is 2.29. The predicted molar refractivity (Wildman–Crippen MR) is 65.7 cm³/mol. The van der Waals surface area contributed by atoms with E-state index in [9.17, 15) is 21.6 Å². The lowest BCUT2D eigenvalue weighted by molar-refractivity contribution is -0.153. The number of rotatable bonds is 5. The van der Waals surface area contributed by atoms with Crippen molar-refractivity contribution in [3.8, 4) is 5.75 Å². The van der Waals surface area contributed by atoms with Gasteiger partial charge in [0.25, 0.3) is 0 Å². The highest BCUT2D eigenvalue weighted by molar-refractivity contribution is 7.93. The Labute approximate surface area is 109 Å². The number of anilines is 1. The third kappa shape index (κ3) is 4.98. The molecule has 0 amide bonds. The first-order valence-corrected chi connectivity index (χ1v) is 6.96. The van der Waals surface area contributed by atoms with E-state index >= 15 is 0 Å². The molecule has 0 aliphatic rings. The molecule has 0 saturated carbocycles. The minimum atomic E-state index is -4.48. The Kier molecular flexibility index (Phi) is 4.67. The number of alkyl halides is 3. The number of nitrogens with one attached hydrogen (secondary N) is 1. The van der Waals surface area contributed by atoms with E-state index in [2.05, 4.69) is 9.46 Å². The zero-order chi connectivity index (χ0) is 14.7. The second kappa shape index (κ2) is 5.68. The molecule has 1 rings (SSSR count). The fourth-order valence-corrected chi connectivity index (χ4v) is 1.82. The first-order valence-electron chi connectivity index (χ1n) is 5.42. The van der Waals surface area contributed by atoms with Crippen LogP contribution >= 0.6 is 0 Å². The maximum atomic E-state index is 12.1. The third-order valence-electron chi connectivity index (χ3n) is 2.15. The molecule has 0 aliphatic heterocycles. The second-order valence-corrected chi connectivity index (χ2v) is 6.33. The summed E-state index contributed by atoms with van der Waals surface area (Å²) in [5, 5.41) is -0.705. The van der Waals surface area contributed by atoms with Crippen LogP contribution in [0.2, 0.25) is 0 Å². The maximum absolute atomic E-state index is 12.1. The zero-order valence-electron chi connectivity index (χ0n) is 10.4. The lowest BCUT2D eigenvalue weighted by atomic mass is 10.3. The Balaban J connectivity index is 2.91. The summed E-state index contributed by atoms with van der Waals surface area (Å²) in [7, 11) is -3.64. The summed E-state index contributed by atoms with van der Waals surface area (Å²) in [4.78, 5) is 0. The average Bonchev–Trinajstić information content (AvgIpc) is 2.26. The molecule has 1 aromatic carbocycles. The molecule has 0 unspecified atom stereocenters. The predicted octanol–water partition coefficient (Wildman–Crippen LogP) is 2.78.